The number of carbonyl (C=O) groups is 1. The minimum absolute atomic E-state index is 0.0232. The first kappa shape index (κ1) is 16.2. The van der Waals surface area contributed by atoms with Crippen LogP contribution in [0.25, 0.3) is 0 Å². The summed E-state index contributed by atoms with van der Waals surface area (Å²) in [5.41, 5.74) is 0.0798. The summed E-state index contributed by atoms with van der Waals surface area (Å²) in [5.74, 6) is 0.0232. The molecule has 3 heterocycles. The molecule has 0 spiro atoms. The molecule has 6 nitrogen and oxygen atoms in total. The Morgan fingerprint density at radius 3 is 2.64 bits per heavy atom. The zero-order valence-corrected chi connectivity index (χ0v) is 13.4. The van der Waals surface area contributed by atoms with E-state index in [-0.39, 0.29) is 17.6 Å². The van der Waals surface area contributed by atoms with Crippen molar-refractivity contribution in [2.24, 2.45) is 0 Å². The maximum atomic E-state index is 12.3. The molecule has 0 saturated carbocycles. The quantitative estimate of drug-likeness (QED) is 0.772. The summed E-state index contributed by atoms with van der Waals surface area (Å²) in [6, 6.07) is 0. The van der Waals surface area contributed by atoms with E-state index in [4.69, 9.17) is 9.47 Å². The molecule has 3 fully saturated rings. The Labute approximate surface area is 132 Å². The van der Waals surface area contributed by atoms with E-state index in [1.807, 2.05) is 0 Å². The van der Waals surface area contributed by atoms with Gasteiger partial charge in [0.25, 0.3) is 5.91 Å². The third kappa shape index (κ3) is 3.79. The van der Waals surface area contributed by atoms with Crippen molar-refractivity contribution in [3.05, 3.63) is 0 Å². The minimum Gasteiger partial charge on any atom is -0.381 e. The number of nitrogens with one attached hydrogen (secondary N) is 2. The molecular weight excluding hydrogens is 282 g/mol. The number of rotatable bonds is 4. The monoisotopic (exact) mass is 311 g/mol. The normalized spacial score (nSPS) is 29.9. The fourth-order valence-corrected chi connectivity index (χ4v) is 3.82. The van der Waals surface area contributed by atoms with E-state index < -0.39 is 0 Å². The molecule has 3 aliphatic heterocycles. The summed E-state index contributed by atoms with van der Waals surface area (Å²) in [5, 5.41) is 6.37. The second-order valence-corrected chi connectivity index (χ2v) is 6.67. The second-order valence-electron chi connectivity index (χ2n) is 6.67. The van der Waals surface area contributed by atoms with Crippen LogP contribution in [0, 0.1) is 0 Å². The van der Waals surface area contributed by atoms with Gasteiger partial charge in [-0.2, -0.15) is 0 Å². The highest BCUT2D eigenvalue weighted by atomic mass is 16.5. The lowest BCUT2D eigenvalue weighted by atomic mass is 9.86. The van der Waals surface area contributed by atoms with Gasteiger partial charge in [0, 0.05) is 38.4 Å². The van der Waals surface area contributed by atoms with Gasteiger partial charge < -0.3 is 20.1 Å². The Kier molecular flexibility index (Phi) is 5.68. The third-order valence-corrected chi connectivity index (χ3v) is 5.26. The first-order chi connectivity index (χ1) is 10.8. The van der Waals surface area contributed by atoms with E-state index in [1.165, 1.54) is 19.3 Å². The first-order valence-electron chi connectivity index (χ1n) is 8.73. The summed E-state index contributed by atoms with van der Waals surface area (Å²) in [6.07, 6.45) is 5.55. The van der Waals surface area contributed by atoms with Gasteiger partial charge in [-0.05, 0) is 38.8 Å². The Morgan fingerprint density at radius 1 is 1.18 bits per heavy atom. The molecule has 0 aliphatic carbocycles. The average Bonchev–Trinajstić information content (AvgIpc) is 2.62. The number of hydrogen-bond donors (Lipinski definition) is 2. The van der Waals surface area contributed by atoms with Crippen LogP contribution in [0.5, 0.6) is 0 Å². The number of nitrogens with zero attached hydrogens (tertiary/aromatic N) is 1. The standard InChI is InChI=1S/C16H29N3O3/c20-15(14-12-17-6-11-22-14)18-13-16(4-9-21-10-5-16)19-7-2-1-3-8-19/h14,17H,1-13H2,(H,18,20). The Hall–Kier alpha value is -0.690. The molecule has 0 aromatic heterocycles. The largest absolute Gasteiger partial charge is 0.381 e. The maximum absolute atomic E-state index is 12.3. The van der Waals surface area contributed by atoms with E-state index >= 15 is 0 Å². The third-order valence-electron chi connectivity index (χ3n) is 5.26. The SMILES string of the molecule is O=C(NCC1(N2CCCCC2)CCOCC1)C1CNCCO1. The van der Waals surface area contributed by atoms with Crippen LogP contribution in [-0.4, -0.2) is 75.0 Å². The van der Waals surface area contributed by atoms with Gasteiger partial charge in [-0.15, -0.1) is 0 Å². The van der Waals surface area contributed by atoms with Crippen LogP contribution in [0.3, 0.4) is 0 Å². The van der Waals surface area contributed by atoms with Gasteiger partial charge in [-0.25, -0.2) is 0 Å². The predicted molar refractivity (Wildman–Crippen MR) is 83.8 cm³/mol. The first-order valence-corrected chi connectivity index (χ1v) is 8.73. The molecule has 3 saturated heterocycles. The number of amides is 1. The molecule has 1 amide bonds. The van der Waals surface area contributed by atoms with Crippen LogP contribution >= 0.6 is 0 Å². The molecule has 6 heteroatoms. The van der Waals surface area contributed by atoms with E-state index in [0.29, 0.717) is 13.2 Å². The van der Waals surface area contributed by atoms with Gasteiger partial charge in [-0.3, -0.25) is 9.69 Å². The van der Waals surface area contributed by atoms with Crippen LogP contribution < -0.4 is 10.6 Å². The van der Waals surface area contributed by atoms with Crippen LogP contribution in [0.4, 0.5) is 0 Å². The molecule has 126 valence electrons. The summed E-state index contributed by atoms with van der Waals surface area (Å²) in [6.45, 7) is 6.68. The maximum Gasteiger partial charge on any atom is 0.250 e. The van der Waals surface area contributed by atoms with Crippen molar-refractivity contribution < 1.29 is 14.3 Å². The van der Waals surface area contributed by atoms with Crippen LogP contribution in [0.2, 0.25) is 0 Å². The summed E-state index contributed by atoms with van der Waals surface area (Å²) >= 11 is 0. The molecule has 0 aromatic rings. The second kappa shape index (κ2) is 7.73. The van der Waals surface area contributed by atoms with Crippen molar-refractivity contribution in [1.29, 1.82) is 0 Å². The van der Waals surface area contributed by atoms with Crippen molar-refractivity contribution >= 4 is 5.91 Å². The number of likely N-dealkylation sites (tertiary alicyclic amines) is 1. The molecule has 22 heavy (non-hydrogen) atoms. The molecule has 0 aromatic carbocycles. The van der Waals surface area contributed by atoms with Gasteiger partial charge in [0.1, 0.15) is 6.10 Å². The number of piperidine rings is 1. The highest BCUT2D eigenvalue weighted by molar-refractivity contribution is 5.81. The Balaban J connectivity index is 1.58. The molecule has 2 N–H and O–H groups in total. The minimum atomic E-state index is -0.341. The van der Waals surface area contributed by atoms with Crippen molar-refractivity contribution in [3.63, 3.8) is 0 Å². The van der Waals surface area contributed by atoms with E-state index in [1.54, 1.807) is 0 Å². The molecule has 3 aliphatic rings. The number of ether oxygens (including phenoxy) is 2. The lowest BCUT2D eigenvalue weighted by Crippen LogP contribution is -2.61. The van der Waals surface area contributed by atoms with Gasteiger partial charge in [-0.1, -0.05) is 6.42 Å². The van der Waals surface area contributed by atoms with Crippen LogP contribution in [0.1, 0.15) is 32.1 Å². The lowest BCUT2D eigenvalue weighted by molar-refractivity contribution is -0.135. The van der Waals surface area contributed by atoms with Crippen molar-refractivity contribution in [1.82, 2.24) is 15.5 Å². The van der Waals surface area contributed by atoms with Crippen molar-refractivity contribution in [2.75, 3.05) is 52.5 Å². The van der Waals surface area contributed by atoms with Gasteiger partial charge in [0.05, 0.1) is 6.61 Å². The highest BCUT2D eigenvalue weighted by Gasteiger charge is 2.39. The van der Waals surface area contributed by atoms with Crippen LogP contribution in [0.15, 0.2) is 0 Å². The van der Waals surface area contributed by atoms with Gasteiger partial charge in [0.15, 0.2) is 0 Å². The van der Waals surface area contributed by atoms with Gasteiger partial charge in [0.2, 0.25) is 0 Å². The van der Waals surface area contributed by atoms with Gasteiger partial charge >= 0.3 is 0 Å². The van der Waals surface area contributed by atoms with E-state index in [2.05, 4.69) is 15.5 Å². The number of carbonyl (C=O) groups excluding carboxylic acids is 1. The van der Waals surface area contributed by atoms with Crippen LogP contribution in [-0.2, 0) is 14.3 Å². The average molecular weight is 311 g/mol. The van der Waals surface area contributed by atoms with Crippen molar-refractivity contribution in [3.8, 4) is 0 Å². The van der Waals surface area contributed by atoms with Crippen molar-refractivity contribution in [2.45, 2.75) is 43.7 Å². The Morgan fingerprint density at radius 2 is 1.95 bits per heavy atom. The zero-order valence-electron chi connectivity index (χ0n) is 13.4. The fourth-order valence-electron chi connectivity index (χ4n) is 3.82. The summed E-state index contributed by atoms with van der Waals surface area (Å²) in [7, 11) is 0. The molecule has 0 radical (unpaired) electrons. The molecule has 3 rings (SSSR count). The molecular formula is C16H29N3O3. The predicted octanol–water partition coefficient (Wildman–Crippen LogP) is 0.126. The molecule has 1 unspecified atom stereocenters. The topological polar surface area (TPSA) is 62.8 Å². The summed E-state index contributed by atoms with van der Waals surface area (Å²) < 4.78 is 11.1. The highest BCUT2D eigenvalue weighted by Crippen LogP contribution is 2.30. The summed E-state index contributed by atoms with van der Waals surface area (Å²) in [4.78, 5) is 14.9. The Bertz CT molecular complexity index is 360. The lowest BCUT2D eigenvalue weighted by Gasteiger charge is -2.48. The molecule has 1 atom stereocenters. The fraction of sp³-hybridized carbons (Fsp3) is 0.938. The number of hydrogen-bond acceptors (Lipinski definition) is 5. The van der Waals surface area contributed by atoms with E-state index in [0.717, 1.165) is 52.2 Å². The zero-order chi connectivity index (χ0) is 15.3. The number of morpholine rings is 1. The van der Waals surface area contributed by atoms with E-state index in [9.17, 15) is 4.79 Å². The molecule has 0 bridgehead atoms. The smallest absolute Gasteiger partial charge is 0.250 e.